The number of carbonyl (C=O) groups excluding carboxylic acids is 2. The van der Waals surface area contributed by atoms with Gasteiger partial charge in [-0.2, -0.15) is 18.3 Å². The molecule has 0 bridgehead atoms. The number of alkyl halides is 3. The topological polar surface area (TPSA) is 88.9 Å². The lowest BCUT2D eigenvalue weighted by Gasteiger charge is -2.22. The number of hydrogen-bond acceptors (Lipinski definition) is 4. The molecule has 6 rings (SSSR count). The maximum absolute atomic E-state index is 14.2. The SMILES string of the molecule is O=C(Cn1nc(C(F)(F)F)c2c1CCCC2)NC(Cc1cc(F)cc(F)c1)c1ncccc1-c1cccc(C(=O)NC2CC2)c1. The fraction of sp³-hybridized carbons (Fsp3) is 0.333. The molecule has 1 fully saturated rings. The van der Waals surface area contributed by atoms with Crippen molar-refractivity contribution >= 4 is 11.8 Å². The molecule has 1 unspecified atom stereocenters. The Hall–Kier alpha value is -4.61. The van der Waals surface area contributed by atoms with Crippen LogP contribution in [0.3, 0.4) is 0 Å². The van der Waals surface area contributed by atoms with Crippen molar-refractivity contribution in [3.63, 3.8) is 0 Å². The molecule has 2 aromatic carbocycles. The first-order valence-electron chi connectivity index (χ1n) is 14.8. The molecule has 0 radical (unpaired) electrons. The Morgan fingerprint density at radius 3 is 2.47 bits per heavy atom. The summed E-state index contributed by atoms with van der Waals surface area (Å²) in [6, 6.07) is 12.6. The number of amides is 2. The summed E-state index contributed by atoms with van der Waals surface area (Å²) in [7, 11) is 0. The van der Waals surface area contributed by atoms with Crippen LogP contribution in [0.4, 0.5) is 22.0 Å². The fourth-order valence-corrected chi connectivity index (χ4v) is 5.85. The van der Waals surface area contributed by atoms with Gasteiger partial charge in [0, 0.05) is 40.7 Å². The molecule has 1 atom stereocenters. The lowest BCUT2D eigenvalue weighted by atomic mass is 9.94. The number of halogens is 5. The first kappa shape index (κ1) is 30.4. The number of nitrogens with one attached hydrogen (secondary N) is 2. The van der Waals surface area contributed by atoms with E-state index in [1.54, 1.807) is 36.4 Å². The van der Waals surface area contributed by atoms with Crippen molar-refractivity contribution in [3.05, 3.63) is 106 Å². The van der Waals surface area contributed by atoms with Gasteiger partial charge in [-0.1, -0.05) is 18.2 Å². The van der Waals surface area contributed by atoms with E-state index in [4.69, 9.17) is 0 Å². The van der Waals surface area contributed by atoms with E-state index in [9.17, 15) is 31.5 Å². The molecule has 0 aliphatic heterocycles. The molecule has 2 amide bonds. The molecule has 234 valence electrons. The quantitative estimate of drug-likeness (QED) is 0.220. The van der Waals surface area contributed by atoms with Crippen molar-refractivity contribution in [1.82, 2.24) is 25.4 Å². The molecule has 45 heavy (non-hydrogen) atoms. The van der Waals surface area contributed by atoms with E-state index in [2.05, 4.69) is 20.7 Å². The Labute approximate surface area is 255 Å². The minimum absolute atomic E-state index is 0.0721. The Kier molecular flexibility index (Phi) is 8.39. The van der Waals surface area contributed by atoms with Gasteiger partial charge in [0.25, 0.3) is 5.91 Å². The molecule has 2 aliphatic rings. The van der Waals surface area contributed by atoms with Gasteiger partial charge in [0.1, 0.15) is 18.2 Å². The highest BCUT2D eigenvalue weighted by molar-refractivity contribution is 5.96. The Morgan fingerprint density at radius 2 is 1.73 bits per heavy atom. The number of fused-ring (bicyclic) bond motifs is 1. The van der Waals surface area contributed by atoms with E-state index in [1.165, 1.54) is 6.20 Å². The lowest BCUT2D eigenvalue weighted by molar-refractivity contribution is -0.142. The second-order valence-corrected chi connectivity index (χ2v) is 11.5. The monoisotopic (exact) mass is 623 g/mol. The third-order valence-corrected chi connectivity index (χ3v) is 8.03. The summed E-state index contributed by atoms with van der Waals surface area (Å²) in [6.07, 6.45) is 0.525. The summed E-state index contributed by atoms with van der Waals surface area (Å²) >= 11 is 0. The molecular formula is C33H30F5N5O2. The molecule has 2 aliphatic carbocycles. The first-order chi connectivity index (χ1) is 21.5. The van der Waals surface area contributed by atoms with Crippen LogP contribution >= 0.6 is 0 Å². The Bertz CT molecular complexity index is 1730. The Balaban J connectivity index is 1.33. The van der Waals surface area contributed by atoms with Gasteiger partial charge in [-0.3, -0.25) is 19.3 Å². The van der Waals surface area contributed by atoms with Gasteiger partial charge in [-0.15, -0.1) is 0 Å². The van der Waals surface area contributed by atoms with Crippen molar-refractivity contribution in [1.29, 1.82) is 0 Å². The van der Waals surface area contributed by atoms with Crippen LogP contribution in [0, 0.1) is 11.6 Å². The maximum Gasteiger partial charge on any atom is 0.435 e. The Morgan fingerprint density at radius 1 is 0.978 bits per heavy atom. The largest absolute Gasteiger partial charge is 0.435 e. The van der Waals surface area contributed by atoms with Crippen LogP contribution in [-0.4, -0.2) is 32.6 Å². The normalized spacial score (nSPS) is 15.3. The zero-order chi connectivity index (χ0) is 31.7. The van der Waals surface area contributed by atoms with Crippen molar-refractivity contribution in [2.75, 3.05) is 0 Å². The molecule has 2 N–H and O–H groups in total. The zero-order valence-corrected chi connectivity index (χ0v) is 24.1. The van der Waals surface area contributed by atoms with Crippen molar-refractivity contribution in [3.8, 4) is 11.1 Å². The van der Waals surface area contributed by atoms with E-state index in [0.717, 1.165) is 35.7 Å². The van der Waals surface area contributed by atoms with Crippen LogP contribution in [0.2, 0.25) is 0 Å². The first-order valence-corrected chi connectivity index (χ1v) is 14.8. The predicted molar refractivity (Wildman–Crippen MR) is 155 cm³/mol. The third-order valence-electron chi connectivity index (χ3n) is 8.03. The summed E-state index contributed by atoms with van der Waals surface area (Å²) in [6.45, 7) is -0.481. The standard InChI is InChI=1S/C33H30F5N5O2/c34-22-13-19(14-23(35)17-22)15-27(41-29(44)18-43-28-9-2-1-7-26(28)31(42-43)33(36,37)38)30-25(8-4-12-39-30)20-5-3-6-21(16-20)32(45)40-24-10-11-24/h3-6,8,12-14,16-17,24,27H,1-2,7,9-11,15,18H2,(H,40,45)(H,41,44). The minimum Gasteiger partial charge on any atom is -0.349 e. The van der Waals surface area contributed by atoms with E-state index in [-0.39, 0.29) is 35.9 Å². The third kappa shape index (κ3) is 7.05. The number of hydrogen-bond donors (Lipinski definition) is 2. The number of aromatic nitrogens is 3. The predicted octanol–water partition coefficient (Wildman–Crippen LogP) is 6.11. The molecule has 12 heteroatoms. The van der Waals surface area contributed by atoms with Crippen molar-refractivity contribution in [2.24, 2.45) is 0 Å². The summed E-state index contributed by atoms with van der Waals surface area (Å²) in [5.74, 6) is -2.46. The van der Waals surface area contributed by atoms with E-state index in [0.29, 0.717) is 47.3 Å². The average molecular weight is 624 g/mol. The molecular weight excluding hydrogens is 593 g/mol. The highest BCUT2D eigenvalue weighted by Gasteiger charge is 2.39. The lowest BCUT2D eigenvalue weighted by Crippen LogP contribution is -2.34. The van der Waals surface area contributed by atoms with Gasteiger partial charge in [0.05, 0.1) is 11.7 Å². The highest BCUT2D eigenvalue weighted by Crippen LogP contribution is 2.36. The van der Waals surface area contributed by atoms with Crippen molar-refractivity contribution in [2.45, 2.75) is 69.8 Å². The molecule has 0 spiro atoms. The minimum atomic E-state index is -4.65. The van der Waals surface area contributed by atoms with Crippen LogP contribution < -0.4 is 10.6 Å². The molecule has 4 aromatic rings. The summed E-state index contributed by atoms with van der Waals surface area (Å²) in [5, 5.41) is 9.57. The molecule has 1 saturated carbocycles. The number of carbonyl (C=O) groups is 2. The van der Waals surface area contributed by atoms with Crippen LogP contribution in [0.15, 0.2) is 60.8 Å². The second-order valence-electron chi connectivity index (χ2n) is 11.5. The summed E-state index contributed by atoms with van der Waals surface area (Å²) < 4.78 is 70.7. The van der Waals surface area contributed by atoms with Gasteiger partial charge >= 0.3 is 6.18 Å². The fourth-order valence-electron chi connectivity index (χ4n) is 5.85. The molecule has 2 heterocycles. The van der Waals surface area contributed by atoms with Crippen LogP contribution in [0.5, 0.6) is 0 Å². The number of nitrogens with zero attached hydrogens (tertiary/aromatic N) is 3. The maximum atomic E-state index is 14.2. The van der Waals surface area contributed by atoms with Gasteiger partial charge in [0.15, 0.2) is 5.69 Å². The van der Waals surface area contributed by atoms with E-state index >= 15 is 0 Å². The number of benzene rings is 2. The van der Waals surface area contributed by atoms with E-state index < -0.39 is 42.0 Å². The van der Waals surface area contributed by atoms with Crippen LogP contribution in [0.1, 0.15) is 70.3 Å². The zero-order valence-electron chi connectivity index (χ0n) is 24.1. The van der Waals surface area contributed by atoms with E-state index in [1.807, 2.05) is 0 Å². The smallest absolute Gasteiger partial charge is 0.349 e. The summed E-state index contributed by atoms with van der Waals surface area (Å²) in [4.78, 5) is 30.8. The van der Waals surface area contributed by atoms with Gasteiger partial charge < -0.3 is 10.6 Å². The average Bonchev–Trinajstić information content (AvgIpc) is 3.74. The number of pyridine rings is 1. The number of rotatable bonds is 9. The highest BCUT2D eigenvalue weighted by atomic mass is 19.4. The molecule has 0 saturated heterocycles. The van der Waals surface area contributed by atoms with Crippen LogP contribution in [0.25, 0.3) is 11.1 Å². The molecule has 2 aromatic heterocycles. The van der Waals surface area contributed by atoms with Gasteiger partial charge in [-0.25, -0.2) is 8.78 Å². The van der Waals surface area contributed by atoms with Gasteiger partial charge in [-0.05, 0) is 86.4 Å². The molecule has 7 nitrogen and oxygen atoms in total. The second kappa shape index (κ2) is 12.4. The van der Waals surface area contributed by atoms with Crippen molar-refractivity contribution < 1.29 is 31.5 Å². The van der Waals surface area contributed by atoms with Gasteiger partial charge in [0.2, 0.25) is 5.91 Å². The summed E-state index contributed by atoms with van der Waals surface area (Å²) in [5.41, 5.74) is 1.74. The van der Waals surface area contributed by atoms with Crippen LogP contribution in [-0.2, 0) is 36.8 Å².